The van der Waals surface area contributed by atoms with Crippen LogP contribution in [-0.2, 0) is 9.05 Å². The predicted molar refractivity (Wildman–Crippen MR) is 142 cm³/mol. The minimum absolute atomic E-state index is 0.534. The summed E-state index contributed by atoms with van der Waals surface area (Å²) in [7, 11) is 0. The van der Waals surface area contributed by atoms with E-state index in [-0.39, 0.29) is 0 Å². The van der Waals surface area contributed by atoms with Crippen LogP contribution in [0.25, 0.3) is 0 Å². The molecule has 0 aromatic carbocycles. The molecule has 0 spiro atoms. The van der Waals surface area contributed by atoms with Crippen LogP contribution < -0.4 is 0 Å². The molecular weight excluding hydrogens is 410 g/mol. The second-order valence-electron chi connectivity index (χ2n) is 7.92. The molecule has 0 aliphatic rings. The third-order valence-corrected chi connectivity index (χ3v) is 16.2. The van der Waals surface area contributed by atoms with Gasteiger partial charge in [-0.15, -0.1) is 0 Å². The third-order valence-electron chi connectivity index (χ3n) is 5.39. The Morgan fingerprint density at radius 2 is 0.633 bits per heavy atom. The van der Waals surface area contributed by atoms with E-state index in [2.05, 4.69) is 52.6 Å². The van der Waals surface area contributed by atoms with Crippen molar-refractivity contribution in [3.8, 4) is 0 Å². The van der Waals surface area contributed by atoms with Gasteiger partial charge in [0.05, 0.1) is 0 Å². The Hall–Kier alpha value is -1.95. The van der Waals surface area contributed by atoms with Gasteiger partial charge in [-0.3, -0.25) is 0 Å². The second-order valence-corrected chi connectivity index (χ2v) is 18.6. The van der Waals surface area contributed by atoms with E-state index in [4.69, 9.17) is 9.05 Å². The summed E-state index contributed by atoms with van der Waals surface area (Å²) in [6, 6.07) is 0. The number of rotatable bonds is 18. The Morgan fingerprint density at radius 1 is 0.467 bits per heavy atom. The summed E-state index contributed by atoms with van der Waals surface area (Å²) in [6.45, 7) is 24.9. The van der Waals surface area contributed by atoms with Crippen molar-refractivity contribution in [2.45, 2.75) is 0 Å². The fourth-order valence-corrected chi connectivity index (χ4v) is 12.8. The molecule has 0 fully saturated rings. The fraction of sp³-hybridized carbons (Fsp3) is 0.320. The number of carbonyl (C=O) groups excluding carboxylic acids is 1. The summed E-state index contributed by atoms with van der Waals surface area (Å²) >= 11 is 0. The zero-order valence-electron chi connectivity index (χ0n) is 18.6. The van der Waals surface area contributed by atoms with E-state index in [0.717, 1.165) is 0 Å². The Balaban J connectivity index is 6.51. The van der Waals surface area contributed by atoms with Crippen LogP contribution in [0.2, 0.25) is 0 Å². The molecular formula is C25H40O3P2. The van der Waals surface area contributed by atoms with E-state index in [1.54, 1.807) is 48.6 Å². The molecule has 0 atom stereocenters. The average Bonchev–Trinajstić information content (AvgIpc) is 2.63. The summed E-state index contributed by atoms with van der Waals surface area (Å²) in [6.07, 6.45) is 18.0. The zero-order chi connectivity index (χ0) is 23.2. The van der Waals surface area contributed by atoms with E-state index in [0.29, 0.717) is 49.3 Å². The van der Waals surface area contributed by atoms with Gasteiger partial charge in [0.25, 0.3) is 0 Å². The van der Waals surface area contributed by atoms with E-state index in [9.17, 15) is 4.79 Å². The summed E-state index contributed by atoms with van der Waals surface area (Å²) < 4.78 is 12.7. The number of hydrogen-bond acceptors (Lipinski definition) is 3. The molecule has 0 unspecified atom stereocenters. The molecule has 0 aliphatic carbocycles. The van der Waals surface area contributed by atoms with Crippen molar-refractivity contribution in [2.24, 2.45) is 0 Å². The molecule has 0 aliphatic heterocycles. The molecule has 3 nitrogen and oxygen atoms in total. The summed E-state index contributed by atoms with van der Waals surface area (Å²) in [5, 5.41) is 0. The van der Waals surface area contributed by atoms with Crippen molar-refractivity contribution in [3.63, 3.8) is 0 Å². The van der Waals surface area contributed by atoms with E-state index in [1.165, 1.54) is 0 Å². The summed E-state index contributed by atoms with van der Waals surface area (Å²) in [5.41, 5.74) is 0. The predicted octanol–water partition coefficient (Wildman–Crippen LogP) is 7.56. The standard InChI is InChI=1S/C25H40O3P2/c1-9-17-29(18-10-2,19-11-3,20-12-4)27-25(26)28-30(21-13-5,22-14-6,23-15-7)24-16-8/h9-16H,1-8,17-24H2. The van der Waals surface area contributed by atoms with Crippen molar-refractivity contribution in [2.75, 3.05) is 49.3 Å². The molecule has 0 amide bonds. The molecule has 0 heterocycles. The SMILES string of the molecule is C=CCP(CC=C)(CC=C)(CC=C)OC(=O)OP(CC=C)(CC=C)(CC=C)CC=C. The average molecular weight is 451 g/mol. The maximum atomic E-state index is 13.4. The topological polar surface area (TPSA) is 35.5 Å². The molecule has 0 aromatic heterocycles. The number of hydrogen-bond donors (Lipinski definition) is 0. The number of carbonyl (C=O) groups is 1. The summed E-state index contributed by atoms with van der Waals surface area (Å²) in [4.78, 5) is 13.4. The molecule has 0 saturated carbocycles. The number of allylic oxidation sites excluding steroid dienone is 8. The van der Waals surface area contributed by atoms with Gasteiger partial charge in [0.2, 0.25) is 0 Å². The van der Waals surface area contributed by atoms with Crippen LogP contribution >= 0.6 is 13.7 Å². The van der Waals surface area contributed by atoms with Crippen molar-refractivity contribution >= 4 is 19.8 Å². The summed E-state index contributed by atoms with van der Waals surface area (Å²) in [5.74, 6) is 0. The van der Waals surface area contributed by atoms with Crippen LogP contribution in [0, 0.1) is 0 Å². The van der Waals surface area contributed by atoms with Crippen LogP contribution in [0.4, 0.5) is 4.79 Å². The van der Waals surface area contributed by atoms with Crippen molar-refractivity contribution in [1.82, 2.24) is 0 Å². The second kappa shape index (κ2) is 12.0. The first-order valence-corrected chi connectivity index (χ1v) is 15.8. The van der Waals surface area contributed by atoms with Gasteiger partial charge in [-0.25, -0.2) is 0 Å². The Morgan fingerprint density at radius 3 is 0.767 bits per heavy atom. The zero-order valence-corrected chi connectivity index (χ0v) is 20.3. The van der Waals surface area contributed by atoms with Gasteiger partial charge in [-0.05, 0) is 0 Å². The molecule has 0 saturated heterocycles. The minimum atomic E-state index is -3.16. The maximum absolute atomic E-state index is 13.4. The normalized spacial score (nSPS) is 13.7. The monoisotopic (exact) mass is 450 g/mol. The first kappa shape index (κ1) is 28.1. The van der Waals surface area contributed by atoms with Gasteiger partial charge in [0.1, 0.15) is 0 Å². The van der Waals surface area contributed by atoms with Gasteiger partial charge < -0.3 is 0 Å². The van der Waals surface area contributed by atoms with Gasteiger partial charge in [0, 0.05) is 0 Å². The molecule has 0 bridgehead atoms. The van der Waals surface area contributed by atoms with Gasteiger partial charge in [0.15, 0.2) is 0 Å². The Labute approximate surface area is 184 Å². The van der Waals surface area contributed by atoms with Gasteiger partial charge >= 0.3 is 184 Å². The molecule has 5 heteroatoms. The molecule has 30 heavy (non-hydrogen) atoms. The quantitative estimate of drug-likeness (QED) is 0.160. The molecule has 0 aromatic rings. The van der Waals surface area contributed by atoms with Gasteiger partial charge in [-0.1, -0.05) is 0 Å². The molecule has 168 valence electrons. The first-order valence-electron chi connectivity index (χ1n) is 10.0. The first-order chi connectivity index (χ1) is 14.2. The van der Waals surface area contributed by atoms with Crippen LogP contribution in [0.15, 0.2) is 101 Å². The van der Waals surface area contributed by atoms with Crippen molar-refractivity contribution < 1.29 is 13.8 Å². The van der Waals surface area contributed by atoms with E-state index < -0.39 is 19.8 Å². The van der Waals surface area contributed by atoms with Crippen LogP contribution in [-0.4, -0.2) is 55.5 Å². The third kappa shape index (κ3) is 6.53. The van der Waals surface area contributed by atoms with Crippen molar-refractivity contribution in [1.29, 1.82) is 0 Å². The van der Waals surface area contributed by atoms with Crippen molar-refractivity contribution in [3.05, 3.63) is 101 Å². The Kier molecular flexibility index (Phi) is 11.3. The fourth-order valence-electron chi connectivity index (χ4n) is 4.24. The van der Waals surface area contributed by atoms with Crippen LogP contribution in [0.1, 0.15) is 0 Å². The van der Waals surface area contributed by atoms with Crippen LogP contribution in [0.3, 0.4) is 0 Å². The van der Waals surface area contributed by atoms with Gasteiger partial charge in [-0.2, -0.15) is 0 Å². The molecule has 0 N–H and O–H groups in total. The molecule has 0 radical (unpaired) electrons. The Bertz CT molecular complexity index is 544. The van der Waals surface area contributed by atoms with E-state index in [1.807, 2.05) is 0 Å². The van der Waals surface area contributed by atoms with E-state index >= 15 is 0 Å². The van der Waals surface area contributed by atoms with Crippen LogP contribution in [0.5, 0.6) is 0 Å². The molecule has 0 rings (SSSR count).